The van der Waals surface area contributed by atoms with Crippen molar-refractivity contribution >= 4 is 43.6 Å². The molecule has 3 atom stereocenters. The van der Waals surface area contributed by atoms with Crippen LogP contribution in [0.5, 0.6) is 0 Å². The van der Waals surface area contributed by atoms with Gasteiger partial charge in [-0.1, -0.05) is 17.7 Å². The van der Waals surface area contributed by atoms with Crippen LogP contribution in [-0.4, -0.2) is 54.0 Å². The zero-order valence-electron chi connectivity index (χ0n) is 21.0. The standard InChI is InChI=1S/C26H27BrClFN4O4S/c1-26(2,3)37-25(34)31-10-16-17-12-33(13-18(16)17)38(35,36)23-9-15(5-7-20(23)28)24-30-11-22(32-24)14-4-6-19(27)21(29)8-14/h4-9,11,16-18H,10,12-13H2,1-3H3,(H,30,32)(H,31,34)/t16-,17-,18+. The van der Waals surface area contributed by atoms with Crippen molar-refractivity contribution in [3.8, 4) is 22.6 Å². The number of aromatic nitrogens is 2. The zero-order valence-corrected chi connectivity index (χ0v) is 24.1. The second-order valence-corrected chi connectivity index (χ2v) is 13.8. The van der Waals surface area contributed by atoms with Gasteiger partial charge < -0.3 is 15.0 Å². The lowest BCUT2D eigenvalue weighted by molar-refractivity contribution is 0.0523. The largest absolute Gasteiger partial charge is 0.444 e. The highest BCUT2D eigenvalue weighted by atomic mass is 79.9. The number of piperidine rings is 1. The summed E-state index contributed by atoms with van der Waals surface area (Å²) >= 11 is 9.49. The number of carbonyl (C=O) groups excluding carboxylic acids is 1. The van der Waals surface area contributed by atoms with Gasteiger partial charge in [-0.05, 0) is 84.8 Å². The molecule has 2 heterocycles. The van der Waals surface area contributed by atoms with E-state index in [1.807, 2.05) is 0 Å². The summed E-state index contributed by atoms with van der Waals surface area (Å²) in [4.78, 5) is 19.4. The molecule has 3 aromatic rings. The Labute approximate surface area is 234 Å². The van der Waals surface area contributed by atoms with E-state index in [4.69, 9.17) is 16.3 Å². The molecule has 1 aromatic heterocycles. The van der Waals surface area contributed by atoms with E-state index >= 15 is 0 Å². The molecule has 1 amide bonds. The van der Waals surface area contributed by atoms with Gasteiger partial charge in [0.05, 0.1) is 21.4 Å². The molecule has 8 nitrogen and oxygen atoms in total. The average Bonchev–Trinajstić information content (AvgIpc) is 3.20. The highest BCUT2D eigenvalue weighted by Crippen LogP contribution is 2.52. The third-order valence-electron chi connectivity index (χ3n) is 6.85. The van der Waals surface area contributed by atoms with Gasteiger partial charge in [0.2, 0.25) is 10.0 Å². The Bertz CT molecular complexity index is 1500. The number of hydrogen-bond donors (Lipinski definition) is 2. The molecule has 202 valence electrons. The van der Waals surface area contributed by atoms with E-state index in [2.05, 4.69) is 31.2 Å². The number of alkyl carbamates (subject to hydrolysis) is 1. The summed E-state index contributed by atoms with van der Waals surface area (Å²) in [5, 5.41) is 2.91. The number of imidazole rings is 1. The van der Waals surface area contributed by atoms with Crippen LogP contribution in [0, 0.1) is 23.6 Å². The summed E-state index contributed by atoms with van der Waals surface area (Å²) in [5.74, 6) is 0.626. The number of benzene rings is 2. The van der Waals surface area contributed by atoms with Gasteiger partial charge in [0.15, 0.2) is 0 Å². The van der Waals surface area contributed by atoms with Crippen LogP contribution in [-0.2, 0) is 14.8 Å². The Morgan fingerprint density at radius 2 is 1.89 bits per heavy atom. The van der Waals surface area contributed by atoms with Crippen LogP contribution in [0.2, 0.25) is 5.02 Å². The van der Waals surface area contributed by atoms with E-state index in [0.29, 0.717) is 46.8 Å². The molecular formula is C26H27BrClFN4O4S. The van der Waals surface area contributed by atoms with E-state index in [-0.39, 0.29) is 27.7 Å². The molecule has 2 N–H and O–H groups in total. The van der Waals surface area contributed by atoms with Crippen LogP contribution < -0.4 is 5.32 Å². The third-order valence-corrected chi connectivity index (χ3v) is 9.80. The highest BCUT2D eigenvalue weighted by molar-refractivity contribution is 9.10. The summed E-state index contributed by atoms with van der Waals surface area (Å²) in [6.07, 6.45) is 1.10. The van der Waals surface area contributed by atoms with Crippen LogP contribution in [0.1, 0.15) is 20.8 Å². The minimum absolute atomic E-state index is 0.00836. The number of nitrogens with zero attached hydrogens (tertiary/aromatic N) is 2. The Morgan fingerprint density at radius 1 is 1.21 bits per heavy atom. The molecule has 1 aliphatic carbocycles. The normalized spacial score (nSPS) is 21.3. The predicted octanol–water partition coefficient (Wildman–Crippen LogP) is 5.69. The van der Waals surface area contributed by atoms with Crippen molar-refractivity contribution in [2.45, 2.75) is 31.3 Å². The van der Waals surface area contributed by atoms with Gasteiger partial charge in [-0.25, -0.2) is 22.6 Å². The van der Waals surface area contributed by atoms with E-state index < -0.39 is 27.5 Å². The Hall–Kier alpha value is -2.47. The number of aromatic amines is 1. The van der Waals surface area contributed by atoms with Crippen LogP contribution in [0.15, 0.2) is 52.0 Å². The molecule has 38 heavy (non-hydrogen) atoms. The Balaban J connectivity index is 1.27. The number of fused-ring (bicyclic) bond motifs is 1. The lowest BCUT2D eigenvalue weighted by atomic mass is 10.2. The van der Waals surface area contributed by atoms with E-state index in [1.54, 1.807) is 45.2 Å². The van der Waals surface area contributed by atoms with Gasteiger partial charge in [-0.15, -0.1) is 0 Å². The topological polar surface area (TPSA) is 104 Å². The molecule has 0 unspecified atom stereocenters. The minimum atomic E-state index is -3.84. The van der Waals surface area contributed by atoms with Gasteiger partial charge in [0.1, 0.15) is 22.1 Å². The first kappa shape index (κ1) is 27.1. The lowest BCUT2D eigenvalue weighted by Crippen LogP contribution is -2.36. The summed E-state index contributed by atoms with van der Waals surface area (Å²) in [6, 6.07) is 9.47. The van der Waals surface area contributed by atoms with Gasteiger partial charge in [-0.3, -0.25) is 0 Å². The van der Waals surface area contributed by atoms with Crippen LogP contribution in [0.3, 0.4) is 0 Å². The quantitative estimate of drug-likeness (QED) is 0.366. The first-order valence-corrected chi connectivity index (χ1v) is 14.7. The molecule has 0 radical (unpaired) electrons. The number of nitrogens with one attached hydrogen (secondary N) is 2. The van der Waals surface area contributed by atoms with Gasteiger partial charge >= 0.3 is 6.09 Å². The lowest BCUT2D eigenvalue weighted by Gasteiger charge is -2.22. The number of hydrogen-bond acceptors (Lipinski definition) is 5. The number of carbonyl (C=O) groups is 1. The zero-order chi connectivity index (χ0) is 27.4. The van der Waals surface area contributed by atoms with Crippen molar-refractivity contribution in [3.63, 3.8) is 0 Å². The molecule has 1 saturated carbocycles. The Morgan fingerprint density at radius 3 is 2.55 bits per heavy atom. The fraction of sp³-hybridized carbons (Fsp3) is 0.385. The molecular weight excluding hydrogens is 599 g/mol. The second-order valence-electron chi connectivity index (χ2n) is 10.6. The number of amides is 1. The van der Waals surface area contributed by atoms with Gasteiger partial charge in [-0.2, -0.15) is 4.31 Å². The number of rotatable bonds is 6. The molecule has 5 rings (SSSR count). The minimum Gasteiger partial charge on any atom is -0.444 e. The first-order chi connectivity index (χ1) is 17.8. The van der Waals surface area contributed by atoms with Crippen molar-refractivity contribution in [2.24, 2.45) is 17.8 Å². The van der Waals surface area contributed by atoms with Crippen molar-refractivity contribution < 1.29 is 22.3 Å². The van der Waals surface area contributed by atoms with Crippen LogP contribution in [0.25, 0.3) is 22.6 Å². The van der Waals surface area contributed by atoms with Crippen molar-refractivity contribution in [3.05, 3.63) is 57.9 Å². The van der Waals surface area contributed by atoms with E-state index in [9.17, 15) is 17.6 Å². The summed E-state index contributed by atoms with van der Waals surface area (Å²) in [6.45, 7) is 6.60. The molecule has 1 saturated heterocycles. The fourth-order valence-electron chi connectivity index (χ4n) is 4.89. The molecule has 2 aliphatic rings. The smallest absolute Gasteiger partial charge is 0.407 e. The number of halogens is 3. The molecule has 0 bridgehead atoms. The highest BCUT2D eigenvalue weighted by Gasteiger charge is 2.57. The van der Waals surface area contributed by atoms with Crippen LogP contribution >= 0.6 is 27.5 Å². The first-order valence-electron chi connectivity index (χ1n) is 12.1. The molecule has 12 heteroatoms. The molecule has 0 spiro atoms. The number of sulfonamides is 1. The van der Waals surface area contributed by atoms with E-state index in [0.717, 1.165) is 0 Å². The third kappa shape index (κ3) is 5.47. The number of ether oxygens (including phenoxy) is 1. The Kier molecular flexibility index (Phi) is 7.08. The number of H-pyrrole nitrogens is 1. The van der Waals surface area contributed by atoms with Crippen LogP contribution in [0.4, 0.5) is 9.18 Å². The average molecular weight is 626 g/mol. The monoisotopic (exact) mass is 624 g/mol. The van der Waals surface area contributed by atoms with Gasteiger partial charge in [0, 0.05) is 30.8 Å². The molecule has 2 fully saturated rings. The van der Waals surface area contributed by atoms with E-state index in [1.165, 1.54) is 22.5 Å². The summed E-state index contributed by atoms with van der Waals surface area (Å²) < 4.78 is 48.1. The van der Waals surface area contributed by atoms with Crippen molar-refractivity contribution in [1.29, 1.82) is 0 Å². The van der Waals surface area contributed by atoms with Gasteiger partial charge in [0.25, 0.3) is 0 Å². The maximum atomic E-state index is 14.0. The SMILES string of the molecule is CC(C)(C)OC(=O)NC[C@@H]1[C@H]2CN(S(=O)(=O)c3cc(-c4ncc(-c5ccc(Br)c(F)c5)[nH]4)ccc3Cl)C[C@@H]12. The second kappa shape index (κ2) is 9.93. The molecule has 1 aliphatic heterocycles. The molecule has 2 aromatic carbocycles. The van der Waals surface area contributed by atoms with Crippen molar-refractivity contribution in [1.82, 2.24) is 19.6 Å². The fourth-order valence-corrected chi connectivity index (χ4v) is 7.15. The maximum absolute atomic E-state index is 14.0. The predicted molar refractivity (Wildman–Crippen MR) is 146 cm³/mol. The summed E-state index contributed by atoms with van der Waals surface area (Å²) in [5.41, 5.74) is 1.17. The maximum Gasteiger partial charge on any atom is 0.407 e. The van der Waals surface area contributed by atoms with Crippen molar-refractivity contribution in [2.75, 3.05) is 19.6 Å². The summed E-state index contributed by atoms with van der Waals surface area (Å²) in [7, 11) is -3.84.